The van der Waals surface area contributed by atoms with Crippen molar-refractivity contribution in [3.63, 3.8) is 0 Å². The maximum Gasteiger partial charge on any atom is 0.188 e. The van der Waals surface area contributed by atoms with Crippen LogP contribution in [0.4, 0.5) is 0 Å². The molecule has 29 heavy (non-hydrogen) atoms. The standard InChI is InChI=1S/C17H28N8S4/c18-16(24-4-8-26-12-14-20-6-10-28-14)22-2-1-3-23-17(19)25-5-9-27-13-15-21-7-11-29-15/h6-7,10-11H,1-5,8-9,12-13H2,(H3,18,22,24)(H3,19,23,25). The smallest absolute Gasteiger partial charge is 0.188 e. The van der Waals surface area contributed by atoms with Gasteiger partial charge in [0.25, 0.3) is 0 Å². The van der Waals surface area contributed by atoms with E-state index in [4.69, 9.17) is 10.8 Å². The third-order valence-corrected chi connectivity index (χ3v) is 7.34. The molecule has 2 heterocycles. The fourth-order valence-corrected chi connectivity index (χ4v) is 5.23. The largest absolute Gasteiger partial charge is 0.357 e. The second-order valence-electron chi connectivity index (χ2n) is 5.77. The summed E-state index contributed by atoms with van der Waals surface area (Å²) in [6, 6.07) is 0. The van der Waals surface area contributed by atoms with E-state index in [2.05, 4.69) is 31.2 Å². The zero-order chi connectivity index (χ0) is 20.6. The SMILES string of the molecule is N=C(NCCCNC(=N)NCCSCc1nccs1)NCCSCc1nccs1. The Balaban J connectivity index is 1.33. The van der Waals surface area contributed by atoms with Gasteiger partial charge in [0.05, 0.1) is 0 Å². The number of thiazole rings is 2. The summed E-state index contributed by atoms with van der Waals surface area (Å²) in [4.78, 5) is 8.50. The van der Waals surface area contributed by atoms with Crippen LogP contribution < -0.4 is 21.3 Å². The summed E-state index contributed by atoms with van der Waals surface area (Å²) in [7, 11) is 0. The molecule has 2 aromatic rings. The van der Waals surface area contributed by atoms with Crippen LogP contribution in [0.1, 0.15) is 16.4 Å². The van der Waals surface area contributed by atoms with E-state index >= 15 is 0 Å². The van der Waals surface area contributed by atoms with Crippen molar-refractivity contribution in [2.24, 2.45) is 0 Å². The second-order valence-corrected chi connectivity index (χ2v) is 9.94. The van der Waals surface area contributed by atoms with Crippen LogP contribution in [0.15, 0.2) is 23.2 Å². The Morgan fingerprint density at radius 2 is 1.21 bits per heavy atom. The van der Waals surface area contributed by atoms with Gasteiger partial charge in [0.2, 0.25) is 0 Å². The molecule has 0 aliphatic heterocycles. The predicted molar refractivity (Wildman–Crippen MR) is 129 cm³/mol. The number of guanidine groups is 2. The highest BCUT2D eigenvalue weighted by atomic mass is 32.2. The Morgan fingerprint density at radius 3 is 1.62 bits per heavy atom. The van der Waals surface area contributed by atoms with Crippen molar-refractivity contribution in [1.82, 2.24) is 31.2 Å². The molecule has 0 fully saturated rings. The third kappa shape index (κ3) is 11.9. The van der Waals surface area contributed by atoms with Gasteiger partial charge in [0, 0.05) is 72.3 Å². The topological polar surface area (TPSA) is 122 Å². The monoisotopic (exact) mass is 472 g/mol. The molecule has 160 valence electrons. The number of aromatic nitrogens is 2. The minimum Gasteiger partial charge on any atom is -0.357 e. The van der Waals surface area contributed by atoms with Gasteiger partial charge in [0.1, 0.15) is 10.0 Å². The van der Waals surface area contributed by atoms with Gasteiger partial charge < -0.3 is 21.3 Å². The molecule has 0 unspecified atom stereocenters. The van der Waals surface area contributed by atoms with Crippen LogP contribution in [0.5, 0.6) is 0 Å². The molecule has 2 rings (SSSR count). The van der Waals surface area contributed by atoms with Gasteiger partial charge >= 0.3 is 0 Å². The molecule has 0 aliphatic rings. The maximum atomic E-state index is 7.84. The Labute approximate surface area is 188 Å². The first-order valence-corrected chi connectivity index (χ1v) is 13.4. The van der Waals surface area contributed by atoms with E-state index in [1.54, 1.807) is 22.7 Å². The second kappa shape index (κ2) is 15.4. The van der Waals surface area contributed by atoms with E-state index in [1.165, 1.54) is 0 Å². The number of hydrogen-bond acceptors (Lipinski definition) is 8. The number of hydrogen-bond donors (Lipinski definition) is 6. The van der Waals surface area contributed by atoms with E-state index < -0.39 is 0 Å². The summed E-state index contributed by atoms with van der Waals surface area (Å²) in [5, 5.41) is 34.2. The first-order chi connectivity index (χ1) is 14.2. The lowest BCUT2D eigenvalue weighted by atomic mass is 10.4. The van der Waals surface area contributed by atoms with Gasteiger partial charge in [-0.2, -0.15) is 23.5 Å². The van der Waals surface area contributed by atoms with Crippen LogP contribution in [0.2, 0.25) is 0 Å². The molecule has 0 radical (unpaired) electrons. The van der Waals surface area contributed by atoms with Gasteiger partial charge in [-0.15, -0.1) is 22.7 Å². The summed E-state index contributed by atoms with van der Waals surface area (Å²) >= 11 is 6.98. The zero-order valence-corrected chi connectivity index (χ0v) is 19.5. The predicted octanol–water partition coefficient (Wildman–Crippen LogP) is 2.38. The molecule has 0 atom stereocenters. The summed E-state index contributed by atoms with van der Waals surface area (Å²) in [6.45, 7) is 2.91. The number of nitrogens with zero attached hydrogens (tertiary/aromatic N) is 2. The molecule has 0 aliphatic carbocycles. The number of thioether (sulfide) groups is 2. The van der Waals surface area contributed by atoms with E-state index in [9.17, 15) is 0 Å². The molecule has 12 heteroatoms. The molecule has 0 spiro atoms. The van der Waals surface area contributed by atoms with Crippen molar-refractivity contribution < 1.29 is 0 Å². The minimum absolute atomic E-state index is 0.352. The van der Waals surface area contributed by atoms with Gasteiger partial charge in [0.15, 0.2) is 11.9 Å². The van der Waals surface area contributed by atoms with Crippen molar-refractivity contribution >= 4 is 58.1 Å². The Bertz CT molecular complexity index is 619. The molecule has 0 aromatic carbocycles. The van der Waals surface area contributed by atoms with Gasteiger partial charge in [-0.3, -0.25) is 10.8 Å². The summed E-state index contributed by atoms with van der Waals surface area (Å²) < 4.78 is 0. The van der Waals surface area contributed by atoms with Crippen LogP contribution >= 0.6 is 46.2 Å². The molecule has 8 nitrogen and oxygen atoms in total. The van der Waals surface area contributed by atoms with Crippen molar-refractivity contribution in [3.05, 3.63) is 33.2 Å². The van der Waals surface area contributed by atoms with Crippen LogP contribution in [-0.2, 0) is 11.5 Å². The molecule has 0 saturated heterocycles. The van der Waals surface area contributed by atoms with Crippen LogP contribution in [-0.4, -0.2) is 59.6 Å². The minimum atomic E-state index is 0.352. The fraction of sp³-hybridized carbons (Fsp3) is 0.529. The summed E-state index contributed by atoms with van der Waals surface area (Å²) in [5.74, 6) is 4.44. The molecule has 2 aromatic heterocycles. The summed E-state index contributed by atoms with van der Waals surface area (Å²) in [5.41, 5.74) is 0. The highest BCUT2D eigenvalue weighted by Crippen LogP contribution is 2.14. The van der Waals surface area contributed by atoms with Crippen LogP contribution in [0, 0.1) is 10.8 Å². The zero-order valence-electron chi connectivity index (χ0n) is 16.2. The van der Waals surface area contributed by atoms with Crippen molar-refractivity contribution in [1.29, 1.82) is 10.8 Å². The Morgan fingerprint density at radius 1 is 0.759 bits per heavy atom. The lowest BCUT2D eigenvalue weighted by molar-refractivity contribution is 0.710. The van der Waals surface area contributed by atoms with Crippen LogP contribution in [0.25, 0.3) is 0 Å². The van der Waals surface area contributed by atoms with Gasteiger partial charge in [-0.05, 0) is 6.42 Å². The fourth-order valence-electron chi connectivity index (χ4n) is 2.10. The molecular weight excluding hydrogens is 445 g/mol. The van der Waals surface area contributed by atoms with Crippen molar-refractivity contribution in [3.8, 4) is 0 Å². The number of rotatable bonds is 14. The average Bonchev–Trinajstić information content (AvgIpc) is 3.41. The van der Waals surface area contributed by atoms with Crippen molar-refractivity contribution in [2.45, 2.75) is 17.9 Å². The third-order valence-electron chi connectivity index (χ3n) is 3.47. The quantitative estimate of drug-likeness (QED) is 0.141. The van der Waals surface area contributed by atoms with E-state index in [-0.39, 0.29) is 0 Å². The molecule has 0 saturated carbocycles. The van der Waals surface area contributed by atoms with E-state index in [0.717, 1.165) is 52.5 Å². The molecular formula is C17H28N8S4. The average molecular weight is 473 g/mol. The lowest BCUT2D eigenvalue weighted by Crippen LogP contribution is -2.40. The molecule has 0 amide bonds. The normalized spacial score (nSPS) is 10.5. The van der Waals surface area contributed by atoms with Gasteiger partial charge in [-0.25, -0.2) is 9.97 Å². The first kappa shape index (κ1) is 23.8. The van der Waals surface area contributed by atoms with E-state index in [0.29, 0.717) is 25.0 Å². The van der Waals surface area contributed by atoms with Crippen molar-refractivity contribution in [2.75, 3.05) is 37.7 Å². The van der Waals surface area contributed by atoms with Gasteiger partial charge in [-0.1, -0.05) is 0 Å². The van der Waals surface area contributed by atoms with Crippen LogP contribution in [0.3, 0.4) is 0 Å². The highest BCUT2D eigenvalue weighted by molar-refractivity contribution is 7.98. The summed E-state index contributed by atoms with van der Waals surface area (Å²) in [6.07, 6.45) is 4.50. The maximum absolute atomic E-state index is 7.84. The lowest BCUT2D eigenvalue weighted by Gasteiger charge is -2.12. The molecule has 0 bridgehead atoms. The molecule has 6 N–H and O–H groups in total. The Kier molecular flexibility index (Phi) is 12.6. The van der Waals surface area contributed by atoms with E-state index in [1.807, 2.05) is 46.7 Å². The first-order valence-electron chi connectivity index (χ1n) is 9.29. The highest BCUT2D eigenvalue weighted by Gasteiger charge is 1.99. The number of nitrogens with one attached hydrogen (secondary N) is 6. The Hall–Kier alpha value is -1.50.